The molecular formula is C22H40N6O10. The summed E-state index contributed by atoms with van der Waals surface area (Å²) in [7, 11) is 0. The largest absolute Gasteiger partial charge is 0.480 e. The van der Waals surface area contributed by atoms with E-state index >= 15 is 0 Å². The second kappa shape index (κ2) is 18.4. The number of nitrogens with zero attached hydrogens (tertiary/aromatic N) is 5. The third kappa shape index (κ3) is 16.8. The fourth-order valence-electron chi connectivity index (χ4n) is 4.04. The highest BCUT2D eigenvalue weighted by Gasteiger charge is 2.20. The zero-order valence-electron chi connectivity index (χ0n) is 21.5. The summed E-state index contributed by atoms with van der Waals surface area (Å²) in [5.74, 6) is -5.25. The molecule has 0 spiro atoms. The van der Waals surface area contributed by atoms with Crippen LogP contribution in [-0.4, -0.2) is 191 Å². The number of hydrogen-bond acceptors (Lipinski definition) is 11. The zero-order valence-corrected chi connectivity index (χ0v) is 21.5. The highest BCUT2D eigenvalue weighted by atomic mass is 16.4. The Balaban J connectivity index is 2.93. The Morgan fingerprint density at radius 2 is 0.947 bits per heavy atom. The van der Waals surface area contributed by atoms with Crippen LogP contribution >= 0.6 is 0 Å². The van der Waals surface area contributed by atoms with Crippen molar-refractivity contribution in [1.29, 1.82) is 0 Å². The van der Waals surface area contributed by atoms with E-state index in [-0.39, 0.29) is 26.2 Å². The predicted molar refractivity (Wildman–Crippen MR) is 133 cm³/mol. The van der Waals surface area contributed by atoms with E-state index in [9.17, 15) is 34.2 Å². The molecule has 0 saturated carbocycles. The molecule has 1 fully saturated rings. The molecule has 1 saturated heterocycles. The van der Waals surface area contributed by atoms with Gasteiger partial charge in [-0.3, -0.25) is 48.5 Å². The molecule has 0 bridgehead atoms. The number of rotatable bonds is 16. The first-order chi connectivity index (χ1) is 17.9. The fourth-order valence-corrected chi connectivity index (χ4v) is 4.04. The molecule has 1 aliphatic heterocycles. The molecule has 0 unspecified atom stereocenters. The van der Waals surface area contributed by atoms with E-state index in [1.165, 1.54) is 4.90 Å². The fraction of sp³-hybridized carbons (Fsp3) is 0.773. The first-order valence-electron chi connectivity index (χ1n) is 12.4. The van der Waals surface area contributed by atoms with Gasteiger partial charge in [0.1, 0.15) is 0 Å². The SMILES string of the molecule is O=C(O)CNCCN1CCN(CC(=O)O)CCN(CCN(CC(=O)O)CC(=O)O)CCN(CC(=O)O)CC1. The van der Waals surface area contributed by atoms with Crippen molar-refractivity contribution in [2.24, 2.45) is 0 Å². The molecule has 16 nitrogen and oxygen atoms in total. The predicted octanol–water partition coefficient (Wildman–Crippen LogP) is -3.48. The van der Waals surface area contributed by atoms with Gasteiger partial charge in [0, 0.05) is 78.5 Å². The van der Waals surface area contributed by atoms with Crippen LogP contribution in [0.1, 0.15) is 0 Å². The monoisotopic (exact) mass is 548 g/mol. The summed E-state index contributed by atoms with van der Waals surface area (Å²) in [5, 5.41) is 48.5. The lowest BCUT2D eigenvalue weighted by Gasteiger charge is -2.34. The second-order valence-electron chi connectivity index (χ2n) is 9.09. The Morgan fingerprint density at radius 1 is 0.553 bits per heavy atom. The van der Waals surface area contributed by atoms with Gasteiger partial charge in [0.15, 0.2) is 0 Å². The summed E-state index contributed by atoms with van der Waals surface area (Å²) in [6, 6.07) is 0. The molecule has 218 valence electrons. The van der Waals surface area contributed by atoms with Gasteiger partial charge in [-0.05, 0) is 0 Å². The summed E-state index contributed by atoms with van der Waals surface area (Å²) < 4.78 is 0. The van der Waals surface area contributed by atoms with Crippen molar-refractivity contribution < 1.29 is 49.5 Å². The minimum Gasteiger partial charge on any atom is -0.480 e. The second-order valence-corrected chi connectivity index (χ2v) is 9.09. The summed E-state index contributed by atoms with van der Waals surface area (Å²) in [6.07, 6.45) is 0. The lowest BCUT2D eigenvalue weighted by Crippen LogP contribution is -2.49. The Labute approximate surface area is 221 Å². The van der Waals surface area contributed by atoms with Crippen LogP contribution < -0.4 is 5.32 Å². The maximum Gasteiger partial charge on any atom is 0.317 e. The standard InChI is InChI=1S/C22H40N6O10/c29-18(30)13-23-1-2-24-3-8-26(14-19(31)32)10-5-25(6-11-27(9-4-24)15-20(33)34)7-12-28(16-21(35)36)17-22(37)38/h23H,1-17H2,(H,29,30)(H,31,32)(H,33,34)(H,35,36)(H,37,38). The number of aliphatic carboxylic acids is 5. The van der Waals surface area contributed by atoms with Crippen LogP contribution in [0.5, 0.6) is 0 Å². The molecule has 0 aromatic rings. The molecule has 1 heterocycles. The van der Waals surface area contributed by atoms with E-state index in [0.717, 1.165) is 0 Å². The molecule has 0 radical (unpaired) electrons. The van der Waals surface area contributed by atoms with Crippen molar-refractivity contribution in [3.63, 3.8) is 0 Å². The molecule has 0 amide bonds. The van der Waals surface area contributed by atoms with Gasteiger partial charge in [0.25, 0.3) is 0 Å². The van der Waals surface area contributed by atoms with Gasteiger partial charge < -0.3 is 30.8 Å². The van der Waals surface area contributed by atoms with E-state index in [1.807, 2.05) is 9.80 Å². The van der Waals surface area contributed by atoms with Crippen LogP contribution in [0.2, 0.25) is 0 Å². The number of carboxylic acid groups (broad SMARTS) is 5. The lowest BCUT2D eigenvalue weighted by molar-refractivity contribution is -0.142. The summed E-state index contributed by atoms with van der Waals surface area (Å²) in [4.78, 5) is 64.7. The highest BCUT2D eigenvalue weighted by molar-refractivity contribution is 5.72. The van der Waals surface area contributed by atoms with Crippen LogP contribution in [0, 0.1) is 0 Å². The van der Waals surface area contributed by atoms with Crippen molar-refractivity contribution in [3.05, 3.63) is 0 Å². The smallest absolute Gasteiger partial charge is 0.317 e. The normalized spacial score (nSPS) is 17.5. The van der Waals surface area contributed by atoms with Crippen molar-refractivity contribution >= 4 is 29.8 Å². The molecule has 0 atom stereocenters. The maximum absolute atomic E-state index is 11.4. The van der Waals surface area contributed by atoms with E-state index in [2.05, 4.69) is 5.32 Å². The zero-order chi connectivity index (χ0) is 28.5. The minimum absolute atomic E-state index is 0.160. The summed E-state index contributed by atoms with van der Waals surface area (Å²) in [6.45, 7) is 3.39. The van der Waals surface area contributed by atoms with Gasteiger partial charge in [-0.1, -0.05) is 0 Å². The average Bonchev–Trinajstić information content (AvgIpc) is 2.78. The molecule has 1 rings (SSSR count). The highest BCUT2D eigenvalue weighted by Crippen LogP contribution is 2.02. The molecule has 0 aliphatic carbocycles. The molecule has 1 aliphatic rings. The topological polar surface area (TPSA) is 215 Å². The van der Waals surface area contributed by atoms with Crippen molar-refractivity contribution in [3.8, 4) is 0 Å². The van der Waals surface area contributed by atoms with Crippen molar-refractivity contribution in [2.75, 3.05) is 111 Å². The maximum atomic E-state index is 11.4. The van der Waals surface area contributed by atoms with E-state index < -0.39 is 42.9 Å². The Morgan fingerprint density at radius 3 is 1.32 bits per heavy atom. The quantitative estimate of drug-likeness (QED) is 0.103. The molecule has 6 N–H and O–H groups in total. The average molecular weight is 549 g/mol. The van der Waals surface area contributed by atoms with E-state index in [4.69, 9.17) is 15.3 Å². The first kappa shape index (κ1) is 33.1. The van der Waals surface area contributed by atoms with Gasteiger partial charge in [0.05, 0.1) is 32.7 Å². The van der Waals surface area contributed by atoms with Gasteiger partial charge in [-0.2, -0.15) is 0 Å². The Bertz CT molecular complexity index is 738. The van der Waals surface area contributed by atoms with Crippen LogP contribution in [-0.2, 0) is 24.0 Å². The summed E-state index contributed by atoms with van der Waals surface area (Å²) >= 11 is 0. The van der Waals surface area contributed by atoms with Crippen molar-refractivity contribution in [2.45, 2.75) is 0 Å². The number of hydrogen-bond donors (Lipinski definition) is 6. The third-order valence-electron chi connectivity index (χ3n) is 5.98. The molecule has 38 heavy (non-hydrogen) atoms. The Hall–Kier alpha value is -2.89. The molecule has 16 heteroatoms. The summed E-state index contributed by atoms with van der Waals surface area (Å²) in [5.41, 5.74) is 0. The third-order valence-corrected chi connectivity index (χ3v) is 5.98. The van der Waals surface area contributed by atoms with Gasteiger partial charge >= 0.3 is 29.8 Å². The molecule has 0 aromatic carbocycles. The first-order valence-corrected chi connectivity index (χ1v) is 12.4. The van der Waals surface area contributed by atoms with Gasteiger partial charge in [0.2, 0.25) is 0 Å². The van der Waals surface area contributed by atoms with Crippen molar-refractivity contribution in [1.82, 2.24) is 29.8 Å². The van der Waals surface area contributed by atoms with Crippen LogP contribution in [0.25, 0.3) is 0 Å². The van der Waals surface area contributed by atoms with Crippen LogP contribution in [0.4, 0.5) is 0 Å². The minimum atomic E-state index is -1.15. The number of carbonyl (C=O) groups is 5. The van der Waals surface area contributed by atoms with Crippen LogP contribution in [0.3, 0.4) is 0 Å². The van der Waals surface area contributed by atoms with E-state index in [0.29, 0.717) is 72.0 Å². The van der Waals surface area contributed by atoms with Crippen LogP contribution in [0.15, 0.2) is 0 Å². The molecule has 0 aromatic heterocycles. The van der Waals surface area contributed by atoms with Gasteiger partial charge in [-0.15, -0.1) is 0 Å². The Kier molecular flexibility index (Phi) is 16.0. The van der Waals surface area contributed by atoms with E-state index in [1.54, 1.807) is 9.80 Å². The lowest BCUT2D eigenvalue weighted by atomic mass is 10.3. The number of nitrogens with one attached hydrogen (secondary N) is 1. The number of carboxylic acids is 5. The molecular weight excluding hydrogens is 508 g/mol. The van der Waals surface area contributed by atoms with Gasteiger partial charge in [-0.25, -0.2) is 0 Å².